The Morgan fingerprint density at radius 2 is 2.14 bits per heavy atom. The van der Waals surface area contributed by atoms with E-state index in [9.17, 15) is 4.79 Å². The molecule has 0 unspecified atom stereocenters. The standard InChI is InChI=1S/C9H14N2O2.ClH/c1-7-5-8(13-2)6-9(12)11(7)4-3-10;/h5-6H,3-4,10H2,1-2H3;1H. The molecule has 0 radical (unpaired) electrons. The molecule has 0 saturated carbocycles. The van der Waals surface area contributed by atoms with Crippen LogP contribution in [0.1, 0.15) is 5.69 Å². The van der Waals surface area contributed by atoms with Gasteiger partial charge in [-0.3, -0.25) is 4.79 Å². The van der Waals surface area contributed by atoms with E-state index in [2.05, 4.69) is 0 Å². The Labute approximate surface area is 89.1 Å². The minimum absolute atomic E-state index is 0. The van der Waals surface area contributed by atoms with Crippen molar-refractivity contribution in [3.05, 3.63) is 28.2 Å². The molecule has 0 saturated heterocycles. The smallest absolute Gasteiger partial charge is 0.254 e. The summed E-state index contributed by atoms with van der Waals surface area (Å²) in [5.74, 6) is 0.593. The van der Waals surface area contributed by atoms with Crippen LogP contribution in [0.15, 0.2) is 16.9 Å². The van der Waals surface area contributed by atoms with Crippen molar-refractivity contribution < 1.29 is 4.74 Å². The van der Waals surface area contributed by atoms with E-state index in [0.29, 0.717) is 18.8 Å². The van der Waals surface area contributed by atoms with E-state index in [4.69, 9.17) is 10.5 Å². The Morgan fingerprint density at radius 1 is 1.50 bits per heavy atom. The molecule has 4 nitrogen and oxygen atoms in total. The van der Waals surface area contributed by atoms with Gasteiger partial charge < -0.3 is 15.0 Å². The van der Waals surface area contributed by atoms with Gasteiger partial charge in [0.2, 0.25) is 0 Å². The highest BCUT2D eigenvalue weighted by Gasteiger charge is 2.01. The fourth-order valence-electron chi connectivity index (χ4n) is 1.23. The zero-order chi connectivity index (χ0) is 9.84. The third-order valence-corrected chi connectivity index (χ3v) is 1.90. The summed E-state index contributed by atoms with van der Waals surface area (Å²) >= 11 is 0. The first-order valence-corrected chi connectivity index (χ1v) is 4.14. The molecule has 80 valence electrons. The maximum absolute atomic E-state index is 11.4. The van der Waals surface area contributed by atoms with Crippen molar-refractivity contribution in [3.63, 3.8) is 0 Å². The van der Waals surface area contributed by atoms with Crippen LogP contribution < -0.4 is 16.0 Å². The van der Waals surface area contributed by atoms with Crippen molar-refractivity contribution in [2.24, 2.45) is 5.73 Å². The Morgan fingerprint density at radius 3 is 2.57 bits per heavy atom. The van der Waals surface area contributed by atoms with Crippen LogP contribution in [0.2, 0.25) is 0 Å². The summed E-state index contributed by atoms with van der Waals surface area (Å²) in [4.78, 5) is 11.4. The number of aryl methyl sites for hydroxylation is 1. The summed E-state index contributed by atoms with van der Waals surface area (Å²) in [6.45, 7) is 2.88. The van der Waals surface area contributed by atoms with E-state index in [0.717, 1.165) is 5.69 Å². The molecule has 5 heteroatoms. The van der Waals surface area contributed by atoms with Crippen LogP contribution in [0.3, 0.4) is 0 Å². The largest absolute Gasteiger partial charge is 0.496 e. The summed E-state index contributed by atoms with van der Waals surface area (Å²) in [6.07, 6.45) is 0. The summed E-state index contributed by atoms with van der Waals surface area (Å²) in [5.41, 5.74) is 6.18. The molecule has 0 atom stereocenters. The molecule has 0 aliphatic rings. The molecule has 1 aromatic heterocycles. The second kappa shape index (κ2) is 5.67. The first kappa shape index (κ1) is 13.0. The van der Waals surface area contributed by atoms with Crippen molar-refractivity contribution in [2.75, 3.05) is 13.7 Å². The van der Waals surface area contributed by atoms with Gasteiger partial charge in [0.25, 0.3) is 5.56 Å². The fourth-order valence-corrected chi connectivity index (χ4v) is 1.23. The Bertz CT molecular complexity index is 349. The van der Waals surface area contributed by atoms with E-state index < -0.39 is 0 Å². The molecular weight excluding hydrogens is 204 g/mol. The zero-order valence-electron chi connectivity index (χ0n) is 8.32. The molecule has 0 aliphatic heterocycles. The predicted octanol–water partition coefficient (Wildman–Crippen LogP) is 0.546. The summed E-state index contributed by atoms with van der Waals surface area (Å²) in [6, 6.07) is 3.28. The second-order valence-corrected chi connectivity index (χ2v) is 2.82. The molecule has 2 N–H and O–H groups in total. The Balaban J connectivity index is 0.00000169. The van der Waals surface area contributed by atoms with Crippen LogP contribution in [0, 0.1) is 6.92 Å². The Kier molecular flexibility index (Phi) is 5.27. The molecule has 0 fully saturated rings. The van der Waals surface area contributed by atoms with Crippen molar-refractivity contribution in [2.45, 2.75) is 13.5 Å². The minimum Gasteiger partial charge on any atom is -0.496 e. The van der Waals surface area contributed by atoms with E-state index >= 15 is 0 Å². The van der Waals surface area contributed by atoms with Crippen molar-refractivity contribution in [1.29, 1.82) is 0 Å². The summed E-state index contributed by atoms with van der Waals surface area (Å²) in [5, 5.41) is 0. The highest BCUT2D eigenvalue weighted by molar-refractivity contribution is 5.85. The number of aromatic nitrogens is 1. The third-order valence-electron chi connectivity index (χ3n) is 1.90. The van der Waals surface area contributed by atoms with Crippen LogP contribution in [-0.2, 0) is 6.54 Å². The monoisotopic (exact) mass is 218 g/mol. The number of hydrogen-bond donors (Lipinski definition) is 1. The van der Waals surface area contributed by atoms with Gasteiger partial charge in [-0.25, -0.2) is 0 Å². The SMILES string of the molecule is COc1cc(C)n(CCN)c(=O)c1.Cl. The number of nitrogens with two attached hydrogens (primary N) is 1. The predicted molar refractivity (Wildman–Crippen MR) is 58.3 cm³/mol. The van der Waals surface area contributed by atoms with Crippen LogP contribution in [0.5, 0.6) is 5.75 Å². The van der Waals surface area contributed by atoms with Crippen molar-refractivity contribution in [3.8, 4) is 5.75 Å². The molecule has 1 rings (SSSR count). The first-order valence-electron chi connectivity index (χ1n) is 4.14. The third kappa shape index (κ3) is 2.75. The maximum atomic E-state index is 11.4. The van der Waals surface area contributed by atoms with Gasteiger partial charge in [-0.2, -0.15) is 0 Å². The van der Waals surface area contributed by atoms with Crippen LogP contribution in [0.4, 0.5) is 0 Å². The summed E-state index contributed by atoms with van der Waals surface area (Å²) in [7, 11) is 1.54. The second-order valence-electron chi connectivity index (χ2n) is 2.82. The van der Waals surface area contributed by atoms with Gasteiger partial charge in [-0.05, 0) is 13.0 Å². The Hall–Kier alpha value is -1.00. The lowest BCUT2D eigenvalue weighted by atomic mass is 10.3. The summed E-state index contributed by atoms with van der Waals surface area (Å²) < 4.78 is 6.59. The lowest BCUT2D eigenvalue weighted by Crippen LogP contribution is -2.25. The average molecular weight is 219 g/mol. The molecule has 0 aromatic carbocycles. The molecule has 1 aromatic rings. The van der Waals surface area contributed by atoms with Gasteiger partial charge in [0.05, 0.1) is 7.11 Å². The minimum atomic E-state index is -0.0673. The van der Waals surface area contributed by atoms with Crippen LogP contribution in [0.25, 0.3) is 0 Å². The number of halogens is 1. The maximum Gasteiger partial charge on any atom is 0.254 e. The van der Waals surface area contributed by atoms with Crippen molar-refractivity contribution >= 4 is 12.4 Å². The number of pyridine rings is 1. The topological polar surface area (TPSA) is 57.2 Å². The quantitative estimate of drug-likeness (QED) is 0.806. The number of methoxy groups -OCH3 is 1. The molecular formula is C9H15ClN2O2. The number of rotatable bonds is 3. The van der Waals surface area contributed by atoms with Gasteiger partial charge in [0, 0.05) is 24.8 Å². The van der Waals surface area contributed by atoms with Gasteiger partial charge in [0.15, 0.2) is 0 Å². The molecule has 0 aliphatic carbocycles. The van der Waals surface area contributed by atoms with Crippen LogP contribution in [-0.4, -0.2) is 18.2 Å². The molecule has 0 bridgehead atoms. The van der Waals surface area contributed by atoms with Gasteiger partial charge >= 0.3 is 0 Å². The number of hydrogen-bond acceptors (Lipinski definition) is 3. The van der Waals surface area contributed by atoms with Gasteiger partial charge in [0.1, 0.15) is 5.75 Å². The van der Waals surface area contributed by atoms with Crippen LogP contribution >= 0.6 is 12.4 Å². The van der Waals surface area contributed by atoms with Gasteiger partial charge in [-0.1, -0.05) is 0 Å². The van der Waals surface area contributed by atoms with Crippen molar-refractivity contribution in [1.82, 2.24) is 4.57 Å². The first-order chi connectivity index (χ1) is 6.19. The van der Waals surface area contributed by atoms with E-state index in [1.54, 1.807) is 11.7 Å². The highest BCUT2D eigenvalue weighted by Crippen LogP contribution is 2.08. The molecule has 0 amide bonds. The molecule has 0 spiro atoms. The fraction of sp³-hybridized carbons (Fsp3) is 0.444. The number of nitrogens with zero attached hydrogens (tertiary/aromatic N) is 1. The average Bonchev–Trinajstić information content (AvgIpc) is 2.11. The van der Waals surface area contributed by atoms with E-state index in [1.807, 2.05) is 13.0 Å². The zero-order valence-corrected chi connectivity index (χ0v) is 9.13. The molecule has 1 heterocycles. The molecule has 14 heavy (non-hydrogen) atoms. The van der Waals surface area contributed by atoms with E-state index in [1.165, 1.54) is 6.07 Å². The van der Waals surface area contributed by atoms with E-state index in [-0.39, 0.29) is 18.0 Å². The normalized spacial score (nSPS) is 9.36. The lowest BCUT2D eigenvalue weighted by molar-refractivity contribution is 0.411. The lowest BCUT2D eigenvalue weighted by Gasteiger charge is -2.09. The van der Waals surface area contributed by atoms with Gasteiger partial charge in [-0.15, -0.1) is 12.4 Å². The number of ether oxygens (including phenoxy) is 1. The highest BCUT2D eigenvalue weighted by atomic mass is 35.5.